The zero-order valence-electron chi connectivity index (χ0n) is 11.4. The van der Waals surface area contributed by atoms with Gasteiger partial charge in [0, 0.05) is 22.6 Å². The molecule has 0 unspecified atom stereocenters. The van der Waals surface area contributed by atoms with Crippen LogP contribution in [0.1, 0.15) is 58.2 Å². The fourth-order valence-corrected chi connectivity index (χ4v) is 4.00. The average Bonchev–Trinajstić information content (AvgIpc) is 2.95. The van der Waals surface area contributed by atoms with E-state index in [4.69, 9.17) is 10.7 Å². The Morgan fingerprint density at radius 1 is 1.26 bits per heavy atom. The summed E-state index contributed by atoms with van der Waals surface area (Å²) in [6.45, 7) is 4.72. The lowest BCUT2D eigenvalue weighted by molar-refractivity contribution is 0.371. The third kappa shape index (κ3) is 2.65. The Morgan fingerprint density at radius 3 is 2.37 bits per heavy atom. The van der Waals surface area contributed by atoms with Crippen LogP contribution in [0.2, 0.25) is 0 Å². The third-order valence-corrected chi connectivity index (χ3v) is 5.25. The van der Waals surface area contributed by atoms with Gasteiger partial charge in [-0.15, -0.1) is 10.2 Å². The summed E-state index contributed by atoms with van der Waals surface area (Å²) < 4.78 is 24.9. The van der Waals surface area contributed by atoms with Gasteiger partial charge in [-0.2, -0.15) is 0 Å². The van der Waals surface area contributed by atoms with E-state index in [0.717, 1.165) is 44.3 Å². The van der Waals surface area contributed by atoms with E-state index in [1.807, 2.05) is 6.92 Å². The molecule has 19 heavy (non-hydrogen) atoms. The van der Waals surface area contributed by atoms with Crippen LogP contribution < -0.4 is 0 Å². The van der Waals surface area contributed by atoms with Crippen molar-refractivity contribution in [1.82, 2.24) is 14.8 Å². The minimum Gasteiger partial charge on any atom is -0.300 e. The number of nitrogens with zero attached hydrogens (tertiary/aromatic N) is 3. The molecular weight excluding hydrogens is 286 g/mol. The van der Waals surface area contributed by atoms with Gasteiger partial charge >= 0.3 is 0 Å². The molecule has 1 aliphatic rings. The molecule has 0 bridgehead atoms. The van der Waals surface area contributed by atoms with Crippen molar-refractivity contribution in [2.75, 3.05) is 0 Å². The van der Waals surface area contributed by atoms with Crippen LogP contribution in [0.4, 0.5) is 0 Å². The van der Waals surface area contributed by atoms with Gasteiger partial charge in [0.15, 0.2) is 0 Å². The number of aromatic nitrogens is 3. The fourth-order valence-electron chi connectivity index (χ4n) is 3.07. The molecule has 1 heterocycles. The standard InChI is InChI=1S/C12H20ClN3O2S/c1-3-9-16-10(12(4-2)7-5-6-8-12)14-15-11(16)19(13,17)18/h3-9H2,1-2H3. The first kappa shape index (κ1) is 14.8. The molecule has 1 fully saturated rings. The smallest absolute Gasteiger partial charge is 0.296 e. The highest BCUT2D eigenvalue weighted by atomic mass is 35.7. The Labute approximate surface area is 118 Å². The molecule has 0 aliphatic heterocycles. The van der Waals surface area contributed by atoms with Crippen LogP contribution >= 0.6 is 10.7 Å². The van der Waals surface area contributed by atoms with Gasteiger partial charge in [0.25, 0.3) is 14.2 Å². The largest absolute Gasteiger partial charge is 0.300 e. The maximum absolute atomic E-state index is 11.6. The van der Waals surface area contributed by atoms with Crippen molar-refractivity contribution in [3.05, 3.63) is 5.82 Å². The summed E-state index contributed by atoms with van der Waals surface area (Å²) in [6, 6.07) is 0. The van der Waals surface area contributed by atoms with Crippen LogP contribution in [0.25, 0.3) is 0 Å². The molecule has 0 amide bonds. The first-order valence-corrected chi connectivity index (χ1v) is 9.14. The molecule has 0 N–H and O–H groups in total. The number of hydrogen-bond donors (Lipinski definition) is 0. The minimum atomic E-state index is -3.84. The van der Waals surface area contributed by atoms with E-state index in [1.165, 1.54) is 0 Å². The van der Waals surface area contributed by atoms with Gasteiger partial charge in [-0.25, -0.2) is 8.42 Å². The summed E-state index contributed by atoms with van der Waals surface area (Å²) in [5, 5.41) is 7.91. The SMILES string of the molecule is CCCn1c(C2(CC)CCCC2)nnc1S(=O)(=O)Cl. The maximum atomic E-state index is 11.6. The lowest BCUT2D eigenvalue weighted by Gasteiger charge is -2.27. The molecule has 7 heteroatoms. The predicted octanol–water partition coefficient (Wildman–Crippen LogP) is 2.84. The van der Waals surface area contributed by atoms with Crippen molar-refractivity contribution < 1.29 is 8.42 Å². The van der Waals surface area contributed by atoms with E-state index < -0.39 is 9.05 Å². The second kappa shape index (κ2) is 5.40. The molecule has 1 aliphatic carbocycles. The van der Waals surface area contributed by atoms with Gasteiger partial charge in [0.1, 0.15) is 5.82 Å². The molecule has 0 saturated heterocycles. The van der Waals surface area contributed by atoms with Crippen molar-refractivity contribution in [2.24, 2.45) is 0 Å². The van der Waals surface area contributed by atoms with Crippen molar-refractivity contribution in [2.45, 2.75) is 69.5 Å². The van der Waals surface area contributed by atoms with Crippen LogP contribution in [0.5, 0.6) is 0 Å². The van der Waals surface area contributed by atoms with Crippen molar-refractivity contribution >= 4 is 19.7 Å². The highest BCUT2D eigenvalue weighted by Gasteiger charge is 2.40. The third-order valence-electron chi connectivity index (χ3n) is 4.09. The molecule has 0 atom stereocenters. The number of rotatable bonds is 5. The summed E-state index contributed by atoms with van der Waals surface area (Å²) in [5.74, 6) is 0.800. The van der Waals surface area contributed by atoms with Crippen LogP contribution in [0.3, 0.4) is 0 Å². The molecule has 2 rings (SSSR count). The zero-order valence-corrected chi connectivity index (χ0v) is 13.0. The Kier molecular flexibility index (Phi) is 4.20. The van der Waals surface area contributed by atoms with Crippen molar-refractivity contribution in [3.8, 4) is 0 Å². The molecule has 5 nitrogen and oxygen atoms in total. The number of halogens is 1. The Morgan fingerprint density at radius 2 is 1.89 bits per heavy atom. The summed E-state index contributed by atoms with van der Waals surface area (Å²) in [5.41, 5.74) is -0.0258. The van der Waals surface area contributed by atoms with Crippen molar-refractivity contribution in [3.63, 3.8) is 0 Å². The lowest BCUT2D eigenvalue weighted by atomic mass is 9.82. The molecule has 0 aromatic carbocycles. The zero-order chi connectivity index (χ0) is 14.1. The Balaban J connectivity index is 2.54. The van der Waals surface area contributed by atoms with E-state index in [-0.39, 0.29) is 10.6 Å². The van der Waals surface area contributed by atoms with Gasteiger partial charge in [0.05, 0.1) is 0 Å². The monoisotopic (exact) mass is 305 g/mol. The van der Waals surface area contributed by atoms with E-state index >= 15 is 0 Å². The average molecular weight is 306 g/mol. The second-order valence-corrected chi connectivity index (χ2v) is 7.70. The van der Waals surface area contributed by atoms with Gasteiger partial charge in [-0.1, -0.05) is 26.7 Å². The molecule has 1 saturated carbocycles. The van der Waals surface area contributed by atoms with E-state index in [1.54, 1.807) is 4.57 Å². The van der Waals surface area contributed by atoms with Crippen LogP contribution in [-0.2, 0) is 21.0 Å². The molecular formula is C12H20ClN3O2S. The summed E-state index contributed by atoms with van der Waals surface area (Å²) in [7, 11) is 1.62. The fraction of sp³-hybridized carbons (Fsp3) is 0.833. The normalized spacial score (nSPS) is 18.9. The second-order valence-electron chi connectivity index (χ2n) is 5.24. The topological polar surface area (TPSA) is 64.8 Å². The van der Waals surface area contributed by atoms with Gasteiger partial charge in [-0.3, -0.25) is 0 Å². The molecule has 1 aromatic heterocycles. The van der Waals surface area contributed by atoms with Gasteiger partial charge in [-0.05, 0) is 25.7 Å². The quantitative estimate of drug-likeness (QED) is 0.785. The maximum Gasteiger partial charge on any atom is 0.296 e. The Hall–Kier alpha value is -0.620. The number of hydrogen-bond acceptors (Lipinski definition) is 4. The molecule has 108 valence electrons. The van der Waals surface area contributed by atoms with Gasteiger partial charge in [0.2, 0.25) is 0 Å². The first-order chi connectivity index (χ1) is 8.94. The van der Waals surface area contributed by atoms with E-state index in [2.05, 4.69) is 17.1 Å². The lowest BCUT2D eigenvalue weighted by Crippen LogP contribution is -2.27. The summed E-state index contributed by atoms with van der Waals surface area (Å²) in [4.78, 5) is 0. The van der Waals surface area contributed by atoms with Crippen LogP contribution in [0, 0.1) is 0 Å². The highest BCUT2D eigenvalue weighted by molar-refractivity contribution is 8.13. The van der Waals surface area contributed by atoms with E-state index in [9.17, 15) is 8.42 Å². The van der Waals surface area contributed by atoms with Crippen molar-refractivity contribution in [1.29, 1.82) is 0 Å². The Bertz CT molecular complexity index is 547. The van der Waals surface area contributed by atoms with Gasteiger partial charge < -0.3 is 4.57 Å². The predicted molar refractivity (Wildman–Crippen MR) is 73.8 cm³/mol. The van der Waals surface area contributed by atoms with E-state index in [0.29, 0.717) is 6.54 Å². The van der Waals surface area contributed by atoms with Crippen LogP contribution in [-0.4, -0.2) is 23.2 Å². The summed E-state index contributed by atoms with van der Waals surface area (Å²) in [6.07, 6.45) is 6.20. The summed E-state index contributed by atoms with van der Waals surface area (Å²) >= 11 is 0. The molecule has 0 radical (unpaired) electrons. The molecule has 1 aromatic rings. The highest BCUT2D eigenvalue weighted by Crippen LogP contribution is 2.43. The molecule has 0 spiro atoms. The first-order valence-electron chi connectivity index (χ1n) is 6.83. The minimum absolute atomic E-state index is 0.0258. The van der Waals surface area contributed by atoms with Crippen LogP contribution in [0.15, 0.2) is 5.16 Å².